The van der Waals surface area contributed by atoms with E-state index in [9.17, 15) is 4.79 Å². The molecule has 1 amide bonds. The van der Waals surface area contributed by atoms with E-state index in [1.807, 2.05) is 6.92 Å². The van der Waals surface area contributed by atoms with E-state index < -0.39 is 0 Å². The number of carbonyl (C=O) groups is 1. The zero-order valence-corrected chi connectivity index (χ0v) is 9.42. The molecule has 1 aromatic rings. The van der Waals surface area contributed by atoms with E-state index in [0.717, 1.165) is 25.1 Å². The number of amides is 1. The summed E-state index contributed by atoms with van der Waals surface area (Å²) in [6.07, 6.45) is 7.28. The van der Waals surface area contributed by atoms with Crippen molar-refractivity contribution < 1.29 is 4.79 Å². The molecule has 0 saturated heterocycles. The Balaban J connectivity index is 2.26. The van der Waals surface area contributed by atoms with Crippen LogP contribution in [0.15, 0.2) is 12.4 Å². The van der Waals surface area contributed by atoms with Gasteiger partial charge in [-0.05, 0) is 13.3 Å². The molecule has 1 unspecified atom stereocenters. The summed E-state index contributed by atoms with van der Waals surface area (Å²) >= 11 is 0. The molecule has 0 saturated carbocycles. The fraction of sp³-hybridized carbons (Fsp3) is 0.636. The molecule has 0 radical (unpaired) electrons. The van der Waals surface area contributed by atoms with Gasteiger partial charge in [0, 0.05) is 18.8 Å². The van der Waals surface area contributed by atoms with Gasteiger partial charge in [-0.1, -0.05) is 19.8 Å². The number of nitrogens with one attached hydrogen (secondary N) is 2. The molecule has 0 spiro atoms. The molecule has 0 aliphatic heterocycles. The minimum atomic E-state index is -0.0332. The summed E-state index contributed by atoms with van der Waals surface area (Å²) in [6.45, 7) is 4.06. The van der Waals surface area contributed by atoms with Gasteiger partial charge in [-0.15, -0.1) is 0 Å². The Labute approximate surface area is 90.5 Å². The summed E-state index contributed by atoms with van der Waals surface area (Å²) in [5.41, 5.74) is 0. The average Bonchev–Trinajstić information content (AvgIpc) is 2.70. The Hall–Kier alpha value is -1.32. The topological polar surface area (TPSA) is 57.8 Å². The van der Waals surface area contributed by atoms with Crippen LogP contribution in [-0.2, 0) is 4.79 Å². The van der Waals surface area contributed by atoms with Gasteiger partial charge in [0.15, 0.2) is 0 Å². The zero-order valence-electron chi connectivity index (χ0n) is 9.42. The summed E-state index contributed by atoms with van der Waals surface area (Å²) in [6, 6.07) is -0.0332. The second-order valence-corrected chi connectivity index (χ2v) is 3.72. The number of aromatic amines is 1. The van der Waals surface area contributed by atoms with Crippen molar-refractivity contribution in [1.29, 1.82) is 0 Å². The summed E-state index contributed by atoms with van der Waals surface area (Å²) in [4.78, 5) is 18.5. The van der Waals surface area contributed by atoms with Crippen LogP contribution in [0.25, 0.3) is 0 Å². The number of H-pyrrole nitrogens is 1. The van der Waals surface area contributed by atoms with Crippen LogP contribution in [-0.4, -0.2) is 15.9 Å². The molecule has 1 rings (SSSR count). The van der Waals surface area contributed by atoms with Crippen molar-refractivity contribution >= 4 is 5.91 Å². The van der Waals surface area contributed by atoms with Crippen LogP contribution >= 0.6 is 0 Å². The lowest BCUT2D eigenvalue weighted by Crippen LogP contribution is -2.26. The normalized spacial score (nSPS) is 12.4. The lowest BCUT2D eigenvalue weighted by atomic mass is 10.2. The Morgan fingerprint density at radius 3 is 3.00 bits per heavy atom. The van der Waals surface area contributed by atoms with Crippen LogP contribution in [0.2, 0.25) is 0 Å². The second-order valence-electron chi connectivity index (χ2n) is 3.72. The van der Waals surface area contributed by atoms with Gasteiger partial charge in [-0.2, -0.15) is 0 Å². The summed E-state index contributed by atoms with van der Waals surface area (Å²) in [5, 5.41) is 2.91. The van der Waals surface area contributed by atoms with Gasteiger partial charge in [-0.3, -0.25) is 4.79 Å². The van der Waals surface area contributed by atoms with Crippen molar-refractivity contribution in [2.24, 2.45) is 0 Å². The zero-order chi connectivity index (χ0) is 11.1. The minimum Gasteiger partial charge on any atom is -0.347 e. The minimum absolute atomic E-state index is 0.0332. The largest absolute Gasteiger partial charge is 0.347 e. The van der Waals surface area contributed by atoms with Crippen molar-refractivity contribution in [2.75, 3.05) is 0 Å². The summed E-state index contributed by atoms with van der Waals surface area (Å²) < 4.78 is 0. The maximum Gasteiger partial charge on any atom is 0.220 e. The van der Waals surface area contributed by atoms with Gasteiger partial charge in [-0.25, -0.2) is 4.98 Å². The van der Waals surface area contributed by atoms with E-state index in [1.54, 1.807) is 12.4 Å². The number of imidazole rings is 1. The van der Waals surface area contributed by atoms with Crippen LogP contribution in [0, 0.1) is 0 Å². The number of hydrogen-bond donors (Lipinski definition) is 2. The number of nitrogens with zero attached hydrogens (tertiary/aromatic N) is 1. The van der Waals surface area contributed by atoms with Crippen LogP contribution in [0.3, 0.4) is 0 Å². The van der Waals surface area contributed by atoms with Gasteiger partial charge < -0.3 is 10.3 Å². The molecule has 0 fully saturated rings. The molecule has 1 atom stereocenters. The Bertz CT molecular complexity index is 282. The lowest BCUT2D eigenvalue weighted by molar-refractivity contribution is -0.121. The van der Waals surface area contributed by atoms with E-state index in [1.165, 1.54) is 0 Å². The SMILES string of the molecule is CCCCCC(=O)NC(C)c1ncc[nH]1. The molecule has 0 aliphatic carbocycles. The number of hydrogen-bond acceptors (Lipinski definition) is 2. The first kappa shape index (κ1) is 11.8. The van der Waals surface area contributed by atoms with Crippen molar-refractivity contribution in [1.82, 2.24) is 15.3 Å². The molecule has 0 aliphatic rings. The fourth-order valence-electron chi connectivity index (χ4n) is 1.43. The first-order valence-electron chi connectivity index (χ1n) is 5.52. The third kappa shape index (κ3) is 4.14. The molecule has 4 heteroatoms. The summed E-state index contributed by atoms with van der Waals surface area (Å²) in [5.74, 6) is 0.909. The van der Waals surface area contributed by atoms with Gasteiger partial charge in [0.2, 0.25) is 5.91 Å². The molecule has 1 heterocycles. The highest BCUT2D eigenvalue weighted by Gasteiger charge is 2.10. The number of carbonyl (C=O) groups excluding carboxylic acids is 1. The van der Waals surface area contributed by atoms with Gasteiger partial charge in [0.25, 0.3) is 0 Å². The highest BCUT2D eigenvalue weighted by molar-refractivity contribution is 5.76. The van der Waals surface area contributed by atoms with E-state index in [2.05, 4.69) is 22.2 Å². The lowest BCUT2D eigenvalue weighted by Gasteiger charge is -2.11. The van der Waals surface area contributed by atoms with E-state index in [4.69, 9.17) is 0 Å². The standard InChI is InChI=1S/C11H19N3O/c1-3-4-5-6-10(15)14-9(2)11-12-7-8-13-11/h7-9H,3-6H2,1-2H3,(H,12,13)(H,14,15). The predicted octanol–water partition coefficient (Wildman–Crippen LogP) is 2.17. The maximum atomic E-state index is 11.5. The Morgan fingerprint density at radius 1 is 1.60 bits per heavy atom. The Morgan fingerprint density at radius 2 is 2.40 bits per heavy atom. The second kappa shape index (κ2) is 6.22. The number of rotatable bonds is 6. The molecule has 15 heavy (non-hydrogen) atoms. The highest BCUT2D eigenvalue weighted by Crippen LogP contribution is 2.06. The molecule has 84 valence electrons. The summed E-state index contributed by atoms with van der Waals surface area (Å²) in [7, 11) is 0. The number of aromatic nitrogens is 2. The maximum absolute atomic E-state index is 11.5. The Kier molecular flexibility index (Phi) is 4.87. The van der Waals surface area contributed by atoms with Crippen LogP contribution in [0.4, 0.5) is 0 Å². The van der Waals surface area contributed by atoms with Gasteiger partial charge >= 0.3 is 0 Å². The first-order chi connectivity index (χ1) is 7.24. The fourth-order valence-corrected chi connectivity index (χ4v) is 1.43. The third-order valence-electron chi connectivity index (χ3n) is 2.31. The number of unbranched alkanes of at least 4 members (excludes halogenated alkanes) is 2. The van der Waals surface area contributed by atoms with E-state index >= 15 is 0 Å². The predicted molar refractivity (Wildman–Crippen MR) is 59.3 cm³/mol. The van der Waals surface area contributed by atoms with Gasteiger partial charge in [0.05, 0.1) is 6.04 Å². The van der Waals surface area contributed by atoms with Crippen molar-refractivity contribution in [3.8, 4) is 0 Å². The molecule has 4 nitrogen and oxygen atoms in total. The van der Waals surface area contributed by atoms with Crippen LogP contribution < -0.4 is 5.32 Å². The molecular formula is C11H19N3O. The molecule has 0 aromatic carbocycles. The van der Waals surface area contributed by atoms with Crippen LogP contribution in [0.5, 0.6) is 0 Å². The smallest absolute Gasteiger partial charge is 0.220 e. The molecule has 1 aromatic heterocycles. The van der Waals surface area contributed by atoms with E-state index in [0.29, 0.717) is 6.42 Å². The quantitative estimate of drug-likeness (QED) is 0.705. The molecule has 0 bridgehead atoms. The molecule has 2 N–H and O–H groups in total. The van der Waals surface area contributed by atoms with E-state index in [-0.39, 0.29) is 11.9 Å². The average molecular weight is 209 g/mol. The van der Waals surface area contributed by atoms with Gasteiger partial charge in [0.1, 0.15) is 5.82 Å². The van der Waals surface area contributed by atoms with Crippen molar-refractivity contribution in [2.45, 2.75) is 45.6 Å². The van der Waals surface area contributed by atoms with Crippen LogP contribution in [0.1, 0.15) is 51.4 Å². The third-order valence-corrected chi connectivity index (χ3v) is 2.31. The van der Waals surface area contributed by atoms with Crippen molar-refractivity contribution in [3.05, 3.63) is 18.2 Å². The molecular weight excluding hydrogens is 190 g/mol. The van der Waals surface area contributed by atoms with Crippen molar-refractivity contribution in [3.63, 3.8) is 0 Å². The first-order valence-corrected chi connectivity index (χ1v) is 5.52. The highest BCUT2D eigenvalue weighted by atomic mass is 16.1. The monoisotopic (exact) mass is 209 g/mol.